The van der Waals surface area contributed by atoms with Crippen molar-refractivity contribution in [3.05, 3.63) is 63.5 Å². The van der Waals surface area contributed by atoms with Crippen molar-refractivity contribution in [3.8, 4) is 0 Å². The molecule has 0 aliphatic heterocycles. The third-order valence-electron chi connectivity index (χ3n) is 2.52. The van der Waals surface area contributed by atoms with E-state index in [4.69, 9.17) is 17.1 Å². The third kappa shape index (κ3) is 3.20. The number of carboxylic acid groups (broad SMARTS) is 1. The summed E-state index contributed by atoms with van der Waals surface area (Å²) in [6.45, 7) is 0. The molecule has 0 aliphatic rings. The van der Waals surface area contributed by atoms with Gasteiger partial charge in [0.05, 0.1) is 11.3 Å². The number of carboxylic acids is 1. The maximum atomic E-state index is 11.2. The highest BCUT2D eigenvalue weighted by atomic mass is 35.5. The molecule has 0 saturated heterocycles. The standard InChI is InChI=1S/C13H9ClN4O2/c14-8-1-3-9(4-2-8)16-12-6-5-10(17-18-15)7-11(12)13(19)20/h1-7,16H,(H,19,20). The molecular formula is C13H9ClN4O2. The molecule has 0 fully saturated rings. The average molecular weight is 289 g/mol. The summed E-state index contributed by atoms with van der Waals surface area (Å²) in [5.41, 5.74) is 9.73. The molecular weight excluding hydrogens is 280 g/mol. The Labute approximate surface area is 119 Å². The van der Waals surface area contributed by atoms with Crippen LogP contribution in [0.1, 0.15) is 10.4 Å². The lowest BCUT2D eigenvalue weighted by Gasteiger charge is -2.10. The molecule has 6 nitrogen and oxygen atoms in total. The summed E-state index contributed by atoms with van der Waals surface area (Å²) in [5, 5.41) is 16.1. The van der Waals surface area contributed by atoms with Gasteiger partial charge in [-0.15, -0.1) is 0 Å². The lowest BCUT2D eigenvalue weighted by atomic mass is 10.1. The summed E-state index contributed by atoms with van der Waals surface area (Å²) in [4.78, 5) is 13.9. The van der Waals surface area contributed by atoms with Crippen molar-refractivity contribution in [1.82, 2.24) is 0 Å². The van der Waals surface area contributed by atoms with Crippen LogP contribution in [-0.2, 0) is 0 Å². The largest absolute Gasteiger partial charge is 0.478 e. The minimum Gasteiger partial charge on any atom is -0.478 e. The molecule has 2 aromatic carbocycles. The Balaban J connectivity index is 2.37. The van der Waals surface area contributed by atoms with Crippen LogP contribution in [0.15, 0.2) is 47.6 Å². The van der Waals surface area contributed by atoms with Crippen LogP contribution >= 0.6 is 11.6 Å². The zero-order valence-corrected chi connectivity index (χ0v) is 10.9. The number of azide groups is 1. The SMILES string of the molecule is [N-]=[N+]=Nc1ccc(Nc2ccc(Cl)cc2)c(C(=O)O)c1. The van der Waals surface area contributed by atoms with E-state index in [1.807, 2.05) is 0 Å². The fourth-order valence-electron chi connectivity index (χ4n) is 1.62. The van der Waals surface area contributed by atoms with Crippen LogP contribution in [0.2, 0.25) is 5.02 Å². The van der Waals surface area contributed by atoms with E-state index in [2.05, 4.69) is 15.3 Å². The van der Waals surface area contributed by atoms with Gasteiger partial charge in [-0.2, -0.15) is 0 Å². The molecule has 0 aliphatic carbocycles. The van der Waals surface area contributed by atoms with Gasteiger partial charge < -0.3 is 10.4 Å². The van der Waals surface area contributed by atoms with Gasteiger partial charge in [-0.3, -0.25) is 0 Å². The molecule has 2 rings (SSSR count). The number of carbonyl (C=O) groups is 1. The molecule has 0 atom stereocenters. The normalized spacial score (nSPS) is 9.65. The average Bonchev–Trinajstić information content (AvgIpc) is 2.43. The molecule has 0 spiro atoms. The van der Waals surface area contributed by atoms with Gasteiger partial charge in [0.2, 0.25) is 0 Å². The highest BCUT2D eigenvalue weighted by molar-refractivity contribution is 6.30. The van der Waals surface area contributed by atoms with E-state index in [9.17, 15) is 9.90 Å². The Hall–Kier alpha value is -2.69. The lowest BCUT2D eigenvalue weighted by molar-refractivity contribution is 0.0698. The lowest BCUT2D eigenvalue weighted by Crippen LogP contribution is -2.02. The van der Waals surface area contributed by atoms with Gasteiger partial charge in [0.15, 0.2) is 0 Å². The summed E-state index contributed by atoms with van der Waals surface area (Å²) in [5.74, 6) is -1.11. The highest BCUT2D eigenvalue weighted by Crippen LogP contribution is 2.26. The fraction of sp³-hybridized carbons (Fsp3) is 0. The summed E-state index contributed by atoms with van der Waals surface area (Å²) >= 11 is 5.78. The van der Waals surface area contributed by atoms with Crippen LogP contribution in [0.4, 0.5) is 17.1 Å². The van der Waals surface area contributed by atoms with Crippen LogP contribution in [0.25, 0.3) is 10.4 Å². The van der Waals surface area contributed by atoms with E-state index in [0.717, 1.165) is 0 Å². The molecule has 7 heteroatoms. The zero-order chi connectivity index (χ0) is 14.5. The number of hydrogen-bond donors (Lipinski definition) is 2. The molecule has 2 aromatic rings. The number of rotatable bonds is 4. The number of halogens is 1. The van der Waals surface area contributed by atoms with E-state index in [-0.39, 0.29) is 11.3 Å². The molecule has 0 bridgehead atoms. The minimum atomic E-state index is -1.11. The monoisotopic (exact) mass is 288 g/mol. The number of hydrogen-bond acceptors (Lipinski definition) is 3. The van der Waals surface area contributed by atoms with Crippen LogP contribution < -0.4 is 5.32 Å². The Morgan fingerprint density at radius 3 is 2.55 bits per heavy atom. The van der Waals surface area contributed by atoms with Gasteiger partial charge in [-0.05, 0) is 41.9 Å². The van der Waals surface area contributed by atoms with Gasteiger partial charge >= 0.3 is 5.97 Å². The Morgan fingerprint density at radius 2 is 1.95 bits per heavy atom. The predicted molar refractivity (Wildman–Crippen MR) is 76.9 cm³/mol. The van der Waals surface area contributed by atoms with E-state index < -0.39 is 5.97 Å². The third-order valence-corrected chi connectivity index (χ3v) is 2.77. The second-order valence-corrected chi connectivity index (χ2v) is 4.29. The van der Waals surface area contributed by atoms with Crippen molar-refractivity contribution in [1.29, 1.82) is 0 Å². The Morgan fingerprint density at radius 1 is 1.25 bits per heavy atom. The van der Waals surface area contributed by atoms with Crippen molar-refractivity contribution in [2.75, 3.05) is 5.32 Å². The van der Waals surface area contributed by atoms with Gasteiger partial charge in [-0.1, -0.05) is 22.8 Å². The van der Waals surface area contributed by atoms with Gasteiger partial charge in [0.25, 0.3) is 0 Å². The first-order chi connectivity index (χ1) is 9.60. The van der Waals surface area contributed by atoms with Crippen molar-refractivity contribution in [2.45, 2.75) is 0 Å². The maximum absolute atomic E-state index is 11.2. The van der Waals surface area contributed by atoms with Gasteiger partial charge in [0.1, 0.15) is 0 Å². The van der Waals surface area contributed by atoms with Gasteiger partial charge in [0, 0.05) is 21.3 Å². The number of nitrogens with zero attached hydrogens (tertiary/aromatic N) is 3. The number of benzene rings is 2. The number of anilines is 2. The van der Waals surface area contributed by atoms with E-state index in [1.54, 1.807) is 30.3 Å². The zero-order valence-electron chi connectivity index (χ0n) is 10.1. The molecule has 0 amide bonds. The summed E-state index contributed by atoms with van der Waals surface area (Å²) in [6, 6.07) is 11.2. The van der Waals surface area contributed by atoms with Gasteiger partial charge in [-0.25, -0.2) is 4.79 Å². The van der Waals surface area contributed by atoms with E-state index in [1.165, 1.54) is 12.1 Å². The Kier molecular flexibility index (Phi) is 4.10. The van der Waals surface area contributed by atoms with Crippen molar-refractivity contribution in [3.63, 3.8) is 0 Å². The molecule has 2 N–H and O–H groups in total. The van der Waals surface area contributed by atoms with E-state index in [0.29, 0.717) is 16.4 Å². The smallest absolute Gasteiger partial charge is 0.337 e. The van der Waals surface area contributed by atoms with Crippen LogP contribution in [-0.4, -0.2) is 11.1 Å². The van der Waals surface area contributed by atoms with Crippen LogP contribution in [0.3, 0.4) is 0 Å². The molecule has 0 radical (unpaired) electrons. The maximum Gasteiger partial charge on any atom is 0.337 e. The summed E-state index contributed by atoms with van der Waals surface area (Å²) < 4.78 is 0. The molecule has 0 heterocycles. The first-order valence-electron chi connectivity index (χ1n) is 5.55. The minimum absolute atomic E-state index is 0.0184. The van der Waals surface area contributed by atoms with Crippen molar-refractivity contribution in [2.24, 2.45) is 5.11 Å². The first-order valence-corrected chi connectivity index (χ1v) is 5.93. The van der Waals surface area contributed by atoms with Crippen molar-refractivity contribution >= 4 is 34.6 Å². The number of aromatic carboxylic acids is 1. The molecule has 0 aromatic heterocycles. The van der Waals surface area contributed by atoms with E-state index >= 15 is 0 Å². The Bertz CT molecular complexity index is 694. The highest BCUT2D eigenvalue weighted by Gasteiger charge is 2.11. The predicted octanol–water partition coefficient (Wildman–Crippen LogP) is 4.72. The van der Waals surface area contributed by atoms with Crippen LogP contribution in [0, 0.1) is 0 Å². The molecule has 20 heavy (non-hydrogen) atoms. The van der Waals surface area contributed by atoms with Crippen molar-refractivity contribution < 1.29 is 9.90 Å². The quantitative estimate of drug-likeness (QED) is 0.483. The summed E-state index contributed by atoms with van der Waals surface area (Å²) in [7, 11) is 0. The molecule has 0 saturated carbocycles. The first kappa shape index (κ1) is 13.7. The number of nitrogens with one attached hydrogen (secondary N) is 1. The molecule has 0 unspecified atom stereocenters. The van der Waals surface area contributed by atoms with Crippen LogP contribution in [0.5, 0.6) is 0 Å². The molecule has 100 valence electrons. The topological polar surface area (TPSA) is 98.1 Å². The fourth-order valence-corrected chi connectivity index (χ4v) is 1.75. The summed E-state index contributed by atoms with van der Waals surface area (Å²) in [6.07, 6.45) is 0. The second-order valence-electron chi connectivity index (χ2n) is 3.86. The second kappa shape index (κ2) is 5.97.